The summed E-state index contributed by atoms with van der Waals surface area (Å²) in [5.74, 6) is -0.0475. The van der Waals surface area contributed by atoms with Crippen LogP contribution in [0.25, 0.3) is 0 Å². The molecule has 2 aromatic rings. The maximum absolute atomic E-state index is 12.0. The largest absolute Gasteiger partial charge is 0.356 e. The van der Waals surface area contributed by atoms with Crippen molar-refractivity contribution in [3.8, 4) is 0 Å². The highest BCUT2D eigenvalue weighted by molar-refractivity contribution is 7.98. The van der Waals surface area contributed by atoms with Gasteiger partial charge in [-0.05, 0) is 31.6 Å². The van der Waals surface area contributed by atoms with Crippen molar-refractivity contribution >= 4 is 17.7 Å². The molecule has 1 aromatic carbocycles. The van der Waals surface area contributed by atoms with Gasteiger partial charge in [0.05, 0.1) is 0 Å². The Bertz CT molecular complexity index is 714. The first-order chi connectivity index (χ1) is 11.1. The number of hydrogen-bond donors (Lipinski definition) is 2. The smallest absolute Gasteiger partial charge is 0.254 e. The Morgan fingerprint density at radius 3 is 2.65 bits per heavy atom. The van der Waals surface area contributed by atoms with Gasteiger partial charge < -0.3 is 10.3 Å². The molecule has 0 aliphatic carbocycles. The molecule has 1 amide bonds. The molecule has 1 aromatic heterocycles. The number of carbonyl (C=O) groups excluding carboxylic acids is 1. The number of rotatable bonds is 7. The van der Waals surface area contributed by atoms with Crippen LogP contribution >= 0.6 is 11.8 Å². The molecule has 6 heteroatoms. The number of thioether (sulfide) groups is 1. The minimum Gasteiger partial charge on any atom is -0.356 e. The van der Waals surface area contributed by atoms with E-state index in [0.717, 1.165) is 6.42 Å². The number of nitrogens with zero attached hydrogens (tertiary/aromatic N) is 1. The van der Waals surface area contributed by atoms with Crippen LogP contribution in [0.15, 0.2) is 40.3 Å². The van der Waals surface area contributed by atoms with Crippen molar-refractivity contribution in [2.75, 3.05) is 12.8 Å². The lowest BCUT2D eigenvalue weighted by atomic mass is 10.1. The molecular formula is C17H21N3O2S. The predicted molar refractivity (Wildman–Crippen MR) is 92.9 cm³/mol. The minimum absolute atomic E-state index is 0.0475. The average molecular weight is 331 g/mol. The third-order valence-electron chi connectivity index (χ3n) is 3.57. The summed E-state index contributed by atoms with van der Waals surface area (Å²) in [6, 6.07) is 10.0. The van der Waals surface area contributed by atoms with Crippen LogP contribution in [0, 0.1) is 6.92 Å². The van der Waals surface area contributed by atoms with Crippen molar-refractivity contribution in [3.05, 3.63) is 57.5 Å². The summed E-state index contributed by atoms with van der Waals surface area (Å²) in [7, 11) is 0. The van der Waals surface area contributed by atoms with E-state index in [-0.39, 0.29) is 11.5 Å². The highest BCUT2D eigenvalue weighted by atomic mass is 32.2. The molecule has 23 heavy (non-hydrogen) atoms. The summed E-state index contributed by atoms with van der Waals surface area (Å²) in [5, 5.41) is 3.49. The number of aromatic nitrogens is 2. The van der Waals surface area contributed by atoms with Crippen LogP contribution in [0.3, 0.4) is 0 Å². The standard InChI is InChI=1S/C17H21N3O2S/c1-12-14(16(22)20-17(19-12)23-2)8-9-15(21)18-11-10-13-6-4-3-5-7-13/h3-7H,8-11H2,1-2H3,(H,18,21)(H,19,20,22). The molecule has 0 radical (unpaired) electrons. The second-order valence-corrected chi connectivity index (χ2v) is 6.02. The van der Waals surface area contributed by atoms with E-state index >= 15 is 0 Å². The van der Waals surface area contributed by atoms with Crippen molar-refractivity contribution in [2.45, 2.75) is 31.3 Å². The summed E-state index contributed by atoms with van der Waals surface area (Å²) in [6.07, 6.45) is 3.35. The zero-order valence-electron chi connectivity index (χ0n) is 13.4. The fourth-order valence-electron chi connectivity index (χ4n) is 2.29. The van der Waals surface area contributed by atoms with Gasteiger partial charge in [0.2, 0.25) is 5.91 Å². The summed E-state index contributed by atoms with van der Waals surface area (Å²) in [4.78, 5) is 30.9. The molecule has 1 heterocycles. The Balaban J connectivity index is 1.82. The molecule has 0 unspecified atom stereocenters. The van der Waals surface area contributed by atoms with Gasteiger partial charge in [0.25, 0.3) is 5.56 Å². The van der Waals surface area contributed by atoms with E-state index in [0.29, 0.717) is 35.8 Å². The van der Waals surface area contributed by atoms with E-state index in [1.807, 2.05) is 36.6 Å². The quantitative estimate of drug-likeness (QED) is 0.602. The number of carbonyl (C=O) groups is 1. The van der Waals surface area contributed by atoms with Crippen LogP contribution in [0.1, 0.15) is 23.2 Å². The van der Waals surface area contributed by atoms with Gasteiger partial charge in [-0.1, -0.05) is 42.1 Å². The second-order valence-electron chi connectivity index (χ2n) is 5.22. The molecular weight excluding hydrogens is 310 g/mol. The Morgan fingerprint density at radius 2 is 2.00 bits per heavy atom. The molecule has 0 aliphatic rings. The first kappa shape index (κ1) is 17.3. The third kappa shape index (κ3) is 5.25. The van der Waals surface area contributed by atoms with Crippen LogP contribution in [0.4, 0.5) is 0 Å². The molecule has 0 saturated heterocycles. The summed E-state index contributed by atoms with van der Waals surface area (Å²) < 4.78 is 0. The van der Waals surface area contributed by atoms with Crippen molar-refractivity contribution in [2.24, 2.45) is 0 Å². The lowest BCUT2D eigenvalue weighted by Gasteiger charge is -2.07. The monoisotopic (exact) mass is 331 g/mol. The van der Waals surface area contributed by atoms with Crippen molar-refractivity contribution in [3.63, 3.8) is 0 Å². The number of nitrogens with one attached hydrogen (secondary N) is 2. The van der Waals surface area contributed by atoms with E-state index in [9.17, 15) is 9.59 Å². The summed E-state index contributed by atoms with van der Waals surface area (Å²) >= 11 is 1.39. The van der Waals surface area contributed by atoms with Crippen molar-refractivity contribution in [1.29, 1.82) is 0 Å². The third-order valence-corrected chi connectivity index (χ3v) is 4.15. The summed E-state index contributed by atoms with van der Waals surface area (Å²) in [5.41, 5.74) is 2.31. The molecule has 0 atom stereocenters. The van der Waals surface area contributed by atoms with Gasteiger partial charge in [-0.2, -0.15) is 0 Å². The van der Waals surface area contributed by atoms with E-state index in [1.165, 1.54) is 17.3 Å². The Labute approximate surface area is 139 Å². The highest BCUT2D eigenvalue weighted by Gasteiger charge is 2.10. The number of hydrogen-bond acceptors (Lipinski definition) is 4. The number of aryl methyl sites for hydroxylation is 1. The van der Waals surface area contributed by atoms with E-state index < -0.39 is 0 Å². The van der Waals surface area contributed by atoms with Gasteiger partial charge in [0, 0.05) is 24.2 Å². The molecule has 0 fully saturated rings. The van der Waals surface area contributed by atoms with Gasteiger partial charge in [0.15, 0.2) is 5.16 Å². The molecule has 0 bridgehead atoms. The minimum atomic E-state index is -0.154. The van der Waals surface area contributed by atoms with E-state index in [4.69, 9.17) is 0 Å². The van der Waals surface area contributed by atoms with E-state index in [2.05, 4.69) is 15.3 Å². The topological polar surface area (TPSA) is 74.8 Å². The molecule has 0 aliphatic heterocycles. The maximum atomic E-state index is 12.0. The van der Waals surface area contributed by atoms with Crippen molar-refractivity contribution in [1.82, 2.24) is 15.3 Å². The zero-order chi connectivity index (χ0) is 16.7. The van der Waals surface area contributed by atoms with Crippen LogP contribution in [-0.2, 0) is 17.6 Å². The lowest BCUT2D eigenvalue weighted by molar-refractivity contribution is -0.121. The fourth-order valence-corrected chi connectivity index (χ4v) is 2.72. The maximum Gasteiger partial charge on any atom is 0.254 e. The number of H-pyrrole nitrogens is 1. The van der Waals surface area contributed by atoms with Crippen LogP contribution < -0.4 is 10.9 Å². The molecule has 0 saturated carbocycles. The second kappa shape index (κ2) is 8.53. The average Bonchev–Trinajstić information content (AvgIpc) is 2.54. The van der Waals surface area contributed by atoms with Crippen LogP contribution in [0.2, 0.25) is 0 Å². The highest BCUT2D eigenvalue weighted by Crippen LogP contribution is 2.09. The first-order valence-corrected chi connectivity index (χ1v) is 8.77. The Kier molecular flexibility index (Phi) is 6.40. The number of amides is 1. The number of aromatic amines is 1. The molecule has 2 rings (SSSR count). The molecule has 122 valence electrons. The Hall–Kier alpha value is -2.08. The fraction of sp³-hybridized carbons (Fsp3) is 0.353. The van der Waals surface area contributed by atoms with Crippen LogP contribution in [-0.4, -0.2) is 28.7 Å². The summed E-state index contributed by atoms with van der Waals surface area (Å²) in [6.45, 7) is 2.40. The van der Waals surface area contributed by atoms with Gasteiger partial charge in [0.1, 0.15) is 0 Å². The van der Waals surface area contributed by atoms with Gasteiger partial charge in [-0.25, -0.2) is 4.98 Å². The Morgan fingerprint density at radius 1 is 1.26 bits per heavy atom. The molecule has 5 nitrogen and oxygen atoms in total. The van der Waals surface area contributed by atoms with Crippen molar-refractivity contribution < 1.29 is 4.79 Å². The van der Waals surface area contributed by atoms with Crippen LogP contribution in [0.5, 0.6) is 0 Å². The van der Waals surface area contributed by atoms with Gasteiger partial charge >= 0.3 is 0 Å². The lowest BCUT2D eigenvalue weighted by Crippen LogP contribution is -2.27. The van der Waals surface area contributed by atoms with Gasteiger partial charge in [-0.3, -0.25) is 9.59 Å². The SMILES string of the molecule is CSc1nc(C)c(CCC(=O)NCCc2ccccc2)c(=O)[nH]1. The zero-order valence-corrected chi connectivity index (χ0v) is 14.2. The van der Waals surface area contributed by atoms with E-state index in [1.54, 1.807) is 6.92 Å². The number of benzene rings is 1. The molecule has 2 N–H and O–H groups in total. The predicted octanol–water partition coefficient (Wildman–Crippen LogP) is 2.09. The molecule has 0 spiro atoms. The van der Waals surface area contributed by atoms with Gasteiger partial charge in [-0.15, -0.1) is 0 Å². The first-order valence-electron chi connectivity index (χ1n) is 7.54. The normalized spacial score (nSPS) is 10.5.